The van der Waals surface area contributed by atoms with Gasteiger partial charge in [0.25, 0.3) is 5.91 Å². The van der Waals surface area contributed by atoms with Crippen molar-refractivity contribution < 1.29 is 9.59 Å². The van der Waals surface area contributed by atoms with Crippen LogP contribution in [0.4, 0.5) is 0 Å². The summed E-state index contributed by atoms with van der Waals surface area (Å²) in [6, 6.07) is 0. The second-order valence-corrected chi connectivity index (χ2v) is 2.84. The molecule has 0 saturated heterocycles. The fourth-order valence-corrected chi connectivity index (χ4v) is 1.30. The highest BCUT2D eigenvalue weighted by Crippen LogP contribution is 2.14. The SMILES string of the molecule is CCN1N=C(C)C(C(=O)NC)C1=O. The maximum Gasteiger partial charge on any atom is 0.261 e. The Morgan fingerprint density at radius 1 is 1.69 bits per heavy atom. The van der Waals surface area contributed by atoms with Crippen LogP contribution in [0.15, 0.2) is 5.10 Å². The number of hydrazone groups is 1. The molecule has 0 radical (unpaired) electrons. The number of carbonyl (C=O) groups excluding carboxylic acids is 2. The molecule has 0 spiro atoms. The predicted octanol–water partition coefficient (Wildman–Crippen LogP) is -0.413. The fraction of sp³-hybridized carbons (Fsp3) is 0.625. The molecule has 0 aromatic heterocycles. The highest BCUT2D eigenvalue weighted by Gasteiger charge is 2.37. The lowest BCUT2D eigenvalue weighted by Crippen LogP contribution is -2.38. The largest absolute Gasteiger partial charge is 0.358 e. The summed E-state index contributed by atoms with van der Waals surface area (Å²) in [4.78, 5) is 22.8. The summed E-state index contributed by atoms with van der Waals surface area (Å²) in [6.07, 6.45) is 0. The molecule has 1 atom stereocenters. The molecule has 0 aliphatic carbocycles. The standard InChI is InChI=1S/C8H13N3O2/c1-4-11-8(13)6(5(2)10-11)7(12)9-3/h6H,4H2,1-3H3,(H,9,12). The Hall–Kier alpha value is -1.39. The maximum absolute atomic E-state index is 11.5. The first kappa shape index (κ1) is 9.70. The third-order valence-electron chi connectivity index (χ3n) is 2.01. The minimum absolute atomic E-state index is 0.237. The van der Waals surface area contributed by atoms with Crippen molar-refractivity contribution in [2.45, 2.75) is 13.8 Å². The monoisotopic (exact) mass is 183 g/mol. The topological polar surface area (TPSA) is 61.8 Å². The molecule has 1 rings (SSSR count). The highest BCUT2D eigenvalue weighted by atomic mass is 16.2. The summed E-state index contributed by atoms with van der Waals surface area (Å²) in [5.74, 6) is -1.24. The van der Waals surface area contributed by atoms with Crippen LogP contribution in [0.25, 0.3) is 0 Å². The number of hydrogen-bond acceptors (Lipinski definition) is 3. The minimum Gasteiger partial charge on any atom is -0.358 e. The first-order chi connectivity index (χ1) is 6.11. The highest BCUT2D eigenvalue weighted by molar-refractivity contribution is 6.21. The van der Waals surface area contributed by atoms with Crippen LogP contribution in [0.2, 0.25) is 0 Å². The van der Waals surface area contributed by atoms with E-state index in [2.05, 4.69) is 10.4 Å². The number of hydrogen-bond donors (Lipinski definition) is 1. The van der Waals surface area contributed by atoms with Gasteiger partial charge in [0.15, 0.2) is 5.92 Å². The van der Waals surface area contributed by atoms with E-state index in [9.17, 15) is 9.59 Å². The van der Waals surface area contributed by atoms with E-state index in [1.807, 2.05) is 6.92 Å². The molecule has 0 saturated carbocycles. The van der Waals surface area contributed by atoms with Gasteiger partial charge in [0, 0.05) is 13.6 Å². The molecule has 0 bridgehead atoms. The van der Waals surface area contributed by atoms with Crippen LogP contribution < -0.4 is 5.32 Å². The summed E-state index contributed by atoms with van der Waals surface area (Å²) < 4.78 is 0. The molecule has 1 heterocycles. The first-order valence-electron chi connectivity index (χ1n) is 4.19. The molecule has 5 nitrogen and oxygen atoms in total. The molecule has 72 valence electrons. The smallest absolute Gasteiger partial charge is 0.261 e. The molecule has 1 aliphatic rings. The Bertz CT molecular complexity index is 273. The zero-order valence-corrected chi connectivity index (χ0v) is 8.00. The normalized spacial score (nSPS) is 21.8. The van der Waals surface area contributed by atoms with Crippen molar-refractivity contribution >= 4 is 17.5 Å². The average Bonchev–Trinajstić information content (AvgIpc) is 2.40. The quantitative estimate of drug-likeness (QED) is 0.591. The van der Waals surface area contributed by atoms with Gasteiger partial charge in [0.2, 0.25) is 5.91 Å². The van der Waals surface area contributed by atoms with Gasteiger partial charge < -0.3 is 5.32 Å². The van der Waals surface area contributed by atoms with Gasteiger partial charge in [-0.1, -0.05) is 0 Å². The van der Waals surface area contributed by atoms with Crippen LogP contribution in [-0.4, -0.2) is 36.1 Å². The summed E-state index contributed by atoms with van der Waals surface area (Å²) in [5, 5.41) is 7.74. The molecule has 1 unspecified atom stereocenters. The van der Waals surface area contributed by atoms with Crippen molar-refractivity contribution in [1.29, 1.82) is 0 Å². The van der Waals surface area contributed by atoms with E-state index in [4.69, 9.17) is 0 Å². The minimum atomic E-state index is -0.718. The van der Waals surface area contributed by atoms with Crippen molar-refractivity contribution in [2.75, 3.05) is 13.6 Å². The van der Waals surface area contributed by atoms with Crippen molar-refractivity contribution in [1.82, 2.24) is 10.3 Å². The third kappa shape index (κ3) is 1.54. The van der Waals surface area contributed by atoms with Crippen molar-refractivity contribution in [3.8, 4) is 0 Å². The zero-order chi connectivity index (χ0) is 10.0. The lowest BCUT2D eigenvalue weighted by molar-refractivity contribution is -0.137. The molecule has 0 aromatic rings. The number of nitrogens with one attached hydrogen (secondary N) is 1. The van der Waals surface area contributed by atoms with Gasteiger partial charge in [-0.25, -0.2) is 5.01 Å². The van der Waals surface area contributed by atoms with E-state index in [0.717, 1.165) is 0 Å². The van der Waals surface area contributed by atoms with E-state index >= 15 is 0 Å². The molecule has 2 amide bonds. The number of nitrogens with zero attached hydrogens (tertiary/aromatic N) is 2. The van der Waals surface area contributed by atoms with Crippen LogP contribution in [0.1, 0.15) is 13.8 Å². The zero-order valence-electron chi connectivity index (χ0n) is 8.00. The Balaban J connectivity index is 2.85. The average molecular weight is 183 g/mol. The summed E-state index contributed by atoms with van der Waals surface area (Å²) in [6.45, 7) is 4.01. The fourth-order valence-electron chi connectivity index (χ4n) is 1.30. The van der Waals surface area contributed by atoms with E-state index in [-0.39, 0.29) is 11.8 Å². The number of rotatable bonds is 2. The van der Waals surface area contributed by atoms with Gasteiger partial charge >= 0.3 is 0 Å². The number of amides is 2. The molecule has 1 N–H and O–H groups in total. The van der Waals surface area contributed by atoms with Gasteiger partial charge in [-0.15, -0.1) is 0 Å². The summed E-state index contributed by atoms with van der Waals surface area (Å²) >= 11 is 0. The van der Waals surface area contributed by atoms with Gasteiger partial charge in [0.1, 0.15) is 0 Å². The molecule has 5 heteroatoms. The van der Waals surface area contributed by atoms with Gasteiger partial charge in [-0.2, -0.15) is 5.10 Å². The van der Waals surface area contributed by atoms with E-state index in [1.54, 1.807) is 6.92 Å². The lowest BCUT2D eigenvalue weighted by Gasteiger charge is -2.10. The van der Waals surface area contributed by atoms with Crippen molar-refractivity contribution in [2.24, 2.45) is 11.0 Å². The Labute approximate surface area is 76.8 Å². The first-order valence-corrected chi connectivity index (χ1v) is 4.19. The van der Waals surface area contributed by atoms with Crippen molar-refractivity contribution in [3.05, 3.63) is 0 Å². The summed E-state index contributed by atoms with van der Waals surface area (Å²) in [7, 11) is 1.51. The molecule has 13 heavy (non-hydrogen) atoms. The summed E-state index contributed by atoms with van der Waals surface area (Å²) in [5.41, 5.74) is 0.561. The van der Waals surface area contributed by atoms with Gasteiger partial charge in [0.05, 0.1) is 5.71 Å². The van der Waals surface area contributed by atoms with Crippen LogP contribution in [0.3, 0.4) is 0 Å². The van der Waals surface area contributed by atoms with E-state index in [0.29, 0.717) is 12.3 Å². The van der Waals surface area contributed by atoms with Gasteiger partial charge in [-0.3, -0.25) is 9.59 Å². The van der Waals surface area contributed by atoms with Crippen LogP contribution in [0, 0.1) is 5.92 Å². The van der Waals surface area contributed by atoms with Crippen LogP contribution in [0.5, 0.6) is 0 Å². The van der Waals surface area contributed by atoms with Crippen LogP contribution in [-0.2, 0) is 9.59 Å². The molecule has 0 fully saturated rings. The number of carbonyl (C=O) groups is 2. The second-order valence-electron chi connectivity index (χ2n) is 2.84. The second kappa shape index (κ2) is 3.55. The Morgan fingerprint density at radius 2 is 2.31 bits per heavy atom. The Morgan fingerprint density at radius 3 is 2.69 bits per heavy atom. The van der Waals surface area contributed by atoms with E-state index in [1.165, 1.54) is 12.1 Å². The van der Waals surface area contributed by atoms with Crippen molar-refractivity contribution in [3.63, 3.8) is 0 Å². The molecule has 0 aromatic carbocycles. The molecular formula is C8H13N3O2. The predicted molar refractivity (Wildman–Crippen MR) is 48.1 cm³/mol. The van der Waals surface area contributed by atoms with Crippen LogP contribution >= 0.6 is 0 Å². The van der Waals surface area contributed by atoms with Gasteiger partial charge in [-0.05, 0) is 13.8 Å². The van der Waals surface area contributed by atoms with E-state index < -0.39 is 5.92 Å². The Kier molecular flexibility index (Phi) is 2.65. The lowest BCUT2D eigenvalue weighted by atomic mass is 10.0. The third-order valence-corrected chi connectivity index (χ3v) is 2.01. The maximum atomic E-state index is 11.5. The molecule has 1 aliphatic heterocycles. The molecular weight excluding hydrogens is 170 g/mol.